The molecule has 0 aliphatic carbocycles. The van der Waals surface area contributed by atoms with Crippen LogP contribution < -0.4 is 10.2 Å². The van der Waals surface area contributed by atoms with Gasteiger partial charge in [-0.2, -0.15) is 4.98 Å². The fraction of sp³-hybridized carbons (Fsp3) is 0.261. The van der Waals surface area contributed by atoms with Gasteiger partial charge in [0.05, 0.1) is 5.92 Å². The van der Waals surface area contributed by atoms with Gasteiger partial charge in [0.2, 0.25) is 5.91 Å². The molecule has 4 aromatic rings. The number of nitrogens with one attached hydrogen (secondary N) is 1. The van der Waals surface area contributed by atoms with Crippen molar-refractivity contribution in [3.05, 3.63) is 60.3 Å². The van der Waals surface area contributed by atoms with Crippen molar-refractivity contribution < 1.29 is 13.7 Å². The van der Waals surface area contributed by atoms with Crippen molar-refractivity contribution in [1.82, 2.24) is 20.1 Å². The van der Waals surface area contributed by atoms with Crippen molar-refractivity contribution in [2.75, 3.05) is 23.3 Å². The fourth-order valence-corrected chi connectivity index (χ4v) is 4.04. The van der Waals surface area contributed by atoms with E-state index in [2.05, 4.69) is 30.3 Å². The lowest BCUT2D eigenvalue weighted by atomic mass is 9.96. The molecule has 0 radical (unpaired) electrons. The molecular weight excluding hydrogens is 411 g/mol. The number of rotatable bonds is 4. The lowest BCUT2D eigenvalue weighted by molar-refractivity contribution is -0.120. The largest absolute Gasteiger partial charge is 0.355 e. The van der Waals surface area contributed by atoms with Crippen molar-refractivity contribution in [2.45, 2.75) is 19.8 Å². The second-order valence-electron chi connectivity index (χ2n) is 7.85. The van der Waals surface area contributed by atoms with Crippen LogP contribution in [-0.4, -0.2) is 39.1 Å². The Balaban J connectivity index is 1.43. The molecule has 1 saturated heterocycles. The van der Waals surface area contributed by atoms with Gasteiger partial charge in [-0.1, -0.05) is 11.2 Å². The van der Waals surface area contributed by atoms with Crippen LogP contribution in [0.25, 0.3) is 22.4 Å². The normalized spacial score (nSPS) is 16.3. The molecule has 1 atom stereocenters. The van der Waals surface area contributed by atoms with E-state index in [1.165, 1.54) is 18.5 Å². The van der Waals surface area contributed by atoms with Gasteiger partial charge in [-0.3, -0.25) is 4.79 Å². The van der Waals surface area contributed by atoms with Gasteiger partial charge >= 0.3 is 0 Å². The third-order valence-corrected chi connectivity index (χ3v) is 5.60. The summed E-state index contributed by atoms with van der Waals surface area (Å²) >= 11 is 0. The first-order valence-corrected chi connectivity index (χ1v) is 10.4. The van der Waals surface area contributed by atoms with Crippen molar-refractivity contribution in [3.8, 4) is 11.3 Å². The number of aryl methyl sites for hydroxylation is 1. The number of hydrogen-bond donors (Lipinski definition) is 1. The zero-order chi connectivity index (χ0) is 22.1. The maximum atomic E-state index is 13.4. The Hall–Kier alpha value is -3.88. The van der Waals surface area contributed by atoms with E-state index in [-0.39, 0.29) is 17.6 Å². The number of anilines is 2. The van der Waals surface area contributed by atoms with Crippen LogP contribution in [-0.2, 0) is 4.79 Å². The highest BCUT2D eigenvalue weighted by Gasteiger charge is 2.29. The smallest absolute Gasteiger partial charge is 0.263 e. The van der Waals surface area contributed by atoms with Gasteiger partial charge in [0.25, 0.3) is 5.71 Å². The minimum absolute atomic E-state index is 0.0674. The molecule has 8 nitrogen and oxygen atoms in total. The molecule has 1 aliphatic heterocycles. The standard InChI is InChI=1S/C23H21FN6O2/c1-14-4-2-6-18(27-14)28-22(31)16-5-3-11-30(12-16)21-19-20(15-7-9-17(24)10-8-15)29-32-23(19)26-13-25-21/h2,4,6-10,13,16H,3,5,11-12H2,1H3,(H,27,28,31)/t16-/m1/s1. The van der Waals surface area contributed by atoms with Gasteiger partial charge in [0, 0.05) is 24.3 Å². The molecule has 4 heterocycles. The van der Waals surface area contributed by atoms with Gasteiger partial charge in [-0.05, 0) is 56.2 Å². The van der Waals surface area contributed by atoms with Gasteiger partial charge in [0.1, 0.15) is 34.9 Å². The average molecular weight is 432 g/mol. The number of carbonyl (C=O) groups is 1. The summed E-state index contributed by atoms with van der Waals surface area (Å²) in [5.74, 6) is 0.592. The molecule has 162 valence electrons. The van der Waals surface area contributed by atoms with Crippen molar-refractivity contribution in [3.63, 3.8) is 0 Å². The van der Waals surface area contributed by atoms with Gasteiger partial charge in [-0.25, -0.2) is 14.4 Å². The number of piperidine rings is 1. The van der Waals surface area contributed by atoms with Crippen LogP contribution in [0.4, 0.5) is 16.0 Å². The lowest BCUT2D eigenvalue weighted by Gasteiger charge is -2.33. The predicted octanol–water partition coefficient (Wildman–Crippen LogP) is 3.98. The second kappa shape index (κ2) is 8.33. The van der Waals surface area contributed by atoms with Crippen LogP contribution in [0, 0.1) is 18.7 Å². The maximum Gasteiger partial charge on any atom is 0.263 e. The highest BCUT2D eigenvalue weighted by molar-refractivity contribution is 5.98. The van der Waals surface area contributed by atoms with E-state index < -0.39 is 0 Å². The summed E-state index contributed by atoms with van der Waals surface area (Å²) in [7, 11) is 0. The number of fused-ring (bicyclic) bond motifs is 1. The van der Waals surface area contributed by atoms with Crippen LogP contribution in [0.1, 0.15) is 18.5 Å². The molecule has 1 fully saturated rings. The van der Waals surface area contributed by atoms with E-state index in [1.54, 1.807) is 18.2 Å². The summed E-state index contributed by atoms with van der Waals surface area (Å²) in [6, 6.07) is 11.6. The van der Waals surface area contributed by atoms with E-state index in [1.807, 2.05) is 19.1 Å². The SMILES string of the molecule is Cc1cccc(NC(=O)[C@@H]2CCCN(c3ncnc4onc(-c5ccc(F)cc5)c34)C2)n1. The molecule has 3 aromatic heterocycles. The highest BCUT2D eigenvalue weighted by Crippen LogP contribution is 2.35. The number of nitrogens with zero attached hydrogens (tertiary/aromatic N) is 5. The summed E-state index contributed by atoms with van der Waals surface area (Å²) in [4.78, 5) is 28.0. The summed E-state index contributed by atoms with van der Waals surface area (Å²) in [6.45, 7) is 3.13. The van der Waals surface area contributed by atoms with E-state index in [4.69, 9.17) is 4.52 Å². The quantitative estimate of drug-likeness (QED) is 0.521. The van der Waals surface area contributed by atoms with Crippen LogP contribution in [0.2, 0.25) is 0 Å². The molecule has 32 heavy (non-hydrogen) atoms. The average Bonchev–Trinajstić information content (AvgIpc) is 3.24. The molecule has 1 aliphatic rings. The number of carbonyl (C=O) groups excluding carboxylic acids is 1. The molecular formula is C23H21FN6O2. The van der Waals surface area contributed by atoms with E-state index in [0.29, 0.717) is 40.5 Å². The number of halogens is 1. The van der Waals surface area contributed by atoms with Crippen LogP contribution in [0.3, 0.4) is 0 Å². The Morgan fingerprint density at radius 1 is 1.19 bits per heavy atom. The van der Waals surface area contributed by atoms with Crippen molar-refractivity contribution in [2.24, 2.45) is 5.92 Å². The molecule has 9 heteroatoms. The Kier molecular flexibility index (Phi) is 5.22. The molecule has 5 rings (SSSR count). The molecule has 1 aromatic carbocycles. The van der Waals surface area contributed by atoms with Crippen LogP contribution in [0.5, 0.6) is 0 Å². The number of aromatic nitrogens is 4. The minimum Gasteiger partial charge on any atom is -0.355 e. The fourth-order valence-electron chi connectivity index (χ4n) is 4.04. The molecule has 0 unspecified atom stereocenters. The first kappa shape index (κ1) is 20.0. The third-order valence-electron chi connectivity index (χ3n) is 5.60. The van der Waals surface area contributed by atoms with E-state index in [0.717, 1.165) is 25.1 Å². The lowest BCUT2D eigenvalue weighted by Crippen LogP contribution is -2.41. The third kappa shape index (κ3) is 3.89. The molecule has 0 saturated carbocycles. The first-order chi connectivity index (χ1) is 15.6. The molecule has 1 N–H and O–H groups in total. The van der Waals surface area contributed by atoms with Gasteiger partial charge in [0.15, 0.2) is 0 Å². The zero-order valence-electron chi connectivity index (χ0n) is 17.5. The summed E-state index contributed by atoms with van der Waals surface area (Å²) in [5.41, 5.74) is 2.45. The first-order valence-electron chi connectivity index (χ1n) is 10.4. The Labute approximate surface area is 183 Å². The predicted molar refractivity (Wildman–Crippen MR) is 118 cm³/mol. The Morgan fingerprint density at radius 2 is 2.03 bits per heavy atom. The molecule has 0 bridgehead atoms. The van der Waals surface area contributed by atoms with Gasteiger partial charge in [-0.15, -0.1) is 0 Å². The number of benzene rings is 1. The van der Waals surface area contributed by atoms with Crippen LogP contribution in [0.15, 0.2) is 53.3 Å². The number of amides is 1. The topological polar surface area (TPSA) is 97.0 Å². The Bertz CT molecular complexity index is 1270. The summed E-state index contributed by atoms with van der Waals surface area (Å²) < 4.78 is 18.8. The van der Waals surface area contributed by atoms with Gasteiger partial charge < -0.3 is 14.7 Å². The van der Waals surface area contributed by atoms with Crippen LogP contribution >= 0.6 is 0 Å². The second-order valence-corrected chi connectivity index (χ2v) is 7.85. The monoisotopic (exact) mass is 432 g/mol. The number of hydrogen-bond acceptors (Lipinski definition) is 7. The van der Waals surface area contributed by atoms with Crippen molar-refractivity contribution >= 4 is 28.6 Å². The summed E-state index contributed by atoms with van der Waals surface area (Å²) in [5, 5.41) is 7.73. The highest BCUT2D eigenvalue weighted by atomic mass is 19.1. The maximum absolute atomic E-state index is 13.4. The minimum atomic E-state index is -0.328. The van der Waals surface area contributed by atoms with E-state index in [9.17, 15) is 9.18 Å². The summed E-state index contributed by atoms with van der Waals surface area (Å²) in [6.07, 6.45) is 3.04. The number of pyridine rings is 1. The van der Waals surface area contributed by atoms with Crippen molar-refractivity contribution in [1.29, 1.82) is 0 Å². The molecule has 0 spiro atoms. The Morgan fingerprint density at radius 3 is 2.84 bits per heavy atom. The zero-order valence-corrected chi connectivity index (χ0v) is 17.5. The molecule has 1 amide bonds. The van der Waals surface area contributed by atoms with E-state index >= 15 is 0 Å².